The van der Waals surface area contributed by atoms with Crippen molar-refractivity contribution in [3.05, 3.63) is 0 Å². The third-order valence-electron chi connectivity index (χ3n) is 3.29. The monoisotopic (exact) mass is 198 g/mol. The van der Waals surface area contributed by atoms with Crippen molar-refractivity contribution in [1.29, 1.82) is 0 Å². The Hall–Kier alpha value is -0.0800. The molecule has 14 heavy (non-hydrogen) atoms. The lowest BCUT2D eigenvalue weighted by atomic mass is 9.92. The fourth-order valence-corrected chi connectivity index (χ4v) is 2.38. The predicted octanol–water partition coefficient (Wildman–Crippen LogP) is 2.11. The van der Waals surface area contributed by atoms with E-state index in [9.17, 15) is 0 Å². The first-order valence-corrected chi connectivity index (χ1v) is 6.23. The summed E-state index contributed by atoms with van der Waals surface area (Å²) >= 11 is 0. The Balaban J connectivity index is 2.03. The molecule has 1 fully saturated rings. The van der Waals surface area contributed by atoms with Gasteiger partial charge < -0.3 is 10.2 Å². The van der Waals surface area contributed by atoms with E-state index in [1.807, 2.05) is 7.05 Å². The average Bonchev–Trinajstić information content (AvgIpc) is 2.21. The number of hydrogen-bond donors (Lipinski definition) is 1. The van der Waals surface area contributed by atoms with Crippen molar-refractivity contribution >= 4 is 0 Å². The smallest absolute Gasteiger partial charge is 0.00161 e. The molecule has 84 valence electrons. The molecular formula is C12H26N2. The first-order chi connectivity index (χ1) is 6.86. The molecule has 1 aliphatic rings. The predicted molar refractivity (Wildman–Crippen MR) is 62.6 cm³/mol. The lowest BCUT2D eigenvalue weighted by Crippen LogP contribution is -2.34. The van der Waals surface area contributed by atoms with Gasteiger partial charge in [0.2, 0.25) is 0 Å². The second kappa shape index (κ2) is 7.24. The topological polar surface area (TPSA) is 15.3 Å². The van der Waals surface area contributed by atoms with Gasteiger partial charge in [-0.1, -0.05) is 6.92 Å². The standard InChI is InChI=1S/C12H26N2/c1-3-9-14-10-6-12(7-11-14)5-4-8-13-2/h12-13H,3-11H2,1-2H3. The lowest BCUT2D eigenvalue weighted by molar-refractivity contribution is 0.178. The van der Waals surface area contributed by atoms with Crippen LogP contribution in [0.25, 0.3) is 0 Å². The van der Waals surface area contributed by atoms with E-state index in [4.69, 9.17) is 0 Å². The van der Waals surface area contributed by atoms with Crippen LogP contribution in [0.5, 0.6) is 0 Å². The van der Waals surface area contributed by atoms with Crippen LogP contribution in [-0.4, -0.2) is 38.1 Å². The van der Waals surface area contributed by atoms with Gasteiger partial charge in [0.15, 0.2) is 0 Å². The maximum Gasteiger partial charge on any atom is -0.00161 e. The summed E-state index contributed by atoms with van der Waals surface area (Å²) in [5, 5.41) is 3.23. The fraction of sp³-hybridized carbons (Fsp3) is 1.00. The first-order valence-electron chi connectivity index (χ1n) is 6.23. The highest BCUT2D eigenvalue weighted by molar-refractivity contribution is 4.72. The summed E-state index contributed by atoms with van der Waals surface area (Å²) in [4.78, 5) is 2.62. The van der Waals surface area contributed by atoms with E-state index in [1.165, 1.54) is 58.3 Å². The van der Waals surface area contributed by atoms with E-state index >= 15 is 0 Å². The summed E-state index contributed by atoms with van der Waals surface area (Å²) in [7, 11) is 2.05. The largest absolute Gasteiger partial charge is 0.320 e. The van der Waals surface area contributed by atoms with Crippen LogP contribution in [-0.2, 0) is 0 Å². The molecule has 0 radical (unpaired) electrons. The van der Waals surface area contributed by atoms with Crippen LogP contribution in [0.1, 0.15) is 39.0 Å². The molecule has 1 N–H and O–H groups in total. The molecule has 0 unspecified atom stereocenters. The van der Waals surface area contributed by atoms with Gasteiger partial charge in [0.1, 0.15) is 0 Å². The highest BCUT2D eigenvalue weighted by Crippen LogP contribution is 2.21. The molecule has 0 spiro atoms. The quantitative estimate of drug-likeness (QED) is 0.658. The molecule has 1 heterocycles. The summed E-state index contributed by atoms with van der Waals surface area (Å²) < 4.78 is 0. The van der Waals surface area contributed by atoms with Crippen LogP contribution in [0.2, 0.25) is 0 Å². The molecule has 0 saturated carbocycles. The summed E-state index contributed by atoms with van der Waals surface area (Å²) in [6.45, 7) is 7.47. The van der Waals surface area contributed by atoms with Crippen LogP contribution in [0.15, 0.2) is 0 Å². The van der Waals surface area contributed by atoms with E-state index in [0.29, 0.717) is 0 Å². The molecule has 0 atom stereocenters. The van der Waals surface area contributed by atoms with Crippen LogP contribution in [0, 0.1) is 5.92 Å². The van der Waals surface area contributed by atoms with Gasteiger partial charge in [-0.2, -0.15) is 0 Å². The Labute approximate surface area is 89.1 Å². The Kier molecular flexibility index (Phi) is 6.20. The molecule has 2 heteroatoms. The number of nitrogens with one attached hydrogen (secondary N) is 1. The number of hydrogen-bond acceptors (Lipinski definition) is 2. The minimum atomic E-state index is 1.01. The molecule has 0 aromatic rings. The Morgan fingerprint density at radius 3 is 2.57 bits per heavy atom. The maximum absolute atomic E-state index is 3.23. The molecule has 2 nitrogen and oxygen atoms in total. The highest BCUT2D eigenvalue weighted by Gasteiger charge is 2.17. The second-order valence-electron chi connectivity index (χ2n) is 4.53. The Morgan fingerprint density at radius 2 is 2.00 bits per heavy atom. The third-order valence-corrected chi connectivity index (χ3v) is 3.29. The summed E-state index contributed by atoms with van der Waals surface area (Å²) in [5.74, 6) is 1.01. The van der Waals surface area contributed by atoms with E-state index in [0.717, 1.165) is 5.92 Å². The first kappa shape index (κ1) is 12.0. The average molecular weight is 198 g/mol. The molecular weight excluding hydrogens is 172 g/mol. The number of rotatable bonds is 6. The molecule has 1 rings (SSSR count). The summed E-state index contributed by atoms with van der Waals surface area (Å²) in [6, 6.07) is 0. The zero-order valence-electron chi connectivity index (χ0n) is 9.89. The molecule has 1 aliphatic heterocycles. The molecule has 0 aliphatic carbocycles. The zero-order valence-corrected chi connectivity index (χ0v) is 9.89. The van der Waals surface area contributed by atoms with Crippen LogP contribution >= 0.6 is 0 Å². The van der Waals surface area contributed by atoms with Crippen molar-refractivity contribution in [2.45, 2.75) is 39.0 Å². The van der Waals surface area contributed by atoms with Crippen molar-refractivity contribution in [1.82, 2.24) is 10.2 Å². The van der Waals surface area contributed by atoms with Gasteiger partial charge in [0, 0.05) is 0 Å². The van der Waals surface area contributed by atoms with Gasteiger partial charge in [-0.15, -0.1) is 0 Å². The zero-order chi connectivity index (χ0) is 10.2. The van der Waals surface area contributed by atoms with Gasteiger partial charge in [-0.05, 0) is 71.2 Å². The third kappa shape index (κ3) is 4.43. The molecule has 0 amide bonds. The van der Waals surface area contributed by atoms with Gasteiger partial charge in [-0.3, -0.25) is 0 Å². The minimum absolute atomic E-state index is 1.01. The van der Waals surface area contributed by atoms with Crippen molar-refractivity contribution < 1.29 is 0 Å². The van der Waals surface area contributed by atoms with Crippen molar-refractivity contribution in [3.8, 4) is 0 Å². The van der Waals surface area contributed by atoms with E-state index in [1.54, 1.807) is 0 Å². The van der Waals surface area contributed by atoms with Crippen molar-refractivity contribution in [2.75, 3.05) is 33.2 Å². The molecule has 0 aromatic heterocycles. The fourth-order valence-electron chi connectivity index (χ4n) is 2.38. The Morgan fingerprint density at radius 1 is 1.29 bits per heavy atom. The van der Waals surface area contributed by atoms with E-state index in [2.05, 4.69) is 17.1 Å². The number of piperidine rings is 1. The summed E-state index contributed by atoms with van der Waals surface area (Å²) in [6.07, 6.45) is 6.97. The number of nitrogens with zero attached hydrogens (tertiary/aromatic N) is 1. The lowest BCUT2D eigenvalue weighted by Gasteiger charge is -2.31. The van der Waals surface area contributed by atoms with Gasteiger partial charge in [-0.25, -0.2) is 0 Å². The normalized spacial score (nSPS) is 20.1. The van der Waals surface area contributed by atoms with Crippen LogP contribution in [0.3, 0.4) is 0 Å². The molecule has 0 bridgehead atoms. The van der Waals surface area contributed by atoms with Gasteiger partial charge >= 0.3 is 0 Å². The second-order valence-corrected chi connectivity index (χ2v) is 4.53. The summed E-state index contributed by atoms with van der Waals surface area (Å²) in [5.41, 5.74) is 0. The van der Waals surface area contributed by atoms with Crippen molar-refractivity contribution in [2.24, 2.45) is 5.92 Å². The highest BCUT2D eigenvalue weighted by atomic mass is 15.1. The maximum atomic E-state index is 3.23. The SMILES string of the molecule is CCCN1CCC(CCCNC)CC1. The van der Waals surface area contributed by atoms with Crippen LogP contribution in [0.4, 0.5) is 0 Å². The van der Waals surface area contributed by atoms with Crippen LogP contribution < -0.4 is 5.32 Å². The Bertz CT molecular complexity index is 128. The van der Waals surface area contributed by atoms with E-state index < -0.39 is 0 Å². The minimum Gasteiger partial charge on any atom is -0.320 e. The number of likely N-dealkylation sites (tertiary alicyclic amines) is 1. The van der Waals surface area contributed by atoms with Crippen molar-refractivity contribution in [3.63, 3.8) is 0 Å². The molecule has 0 aromatic carbocycles. The van der Waals surface area contributed by atoms with Gasteiger partial charge in [0.05, 0.1) is 0 Å². The molecule has 1 saturated heterocycles. The van der Waals surface area contributed by atoms with E-state index in [-0.39, 0.29) is 0 Å². The van der Waals surface area contributed by atoms with Gasteiger partial charge in [0.25, 0.3) is 0 Å².